The molecule has 8 heteroatoms. The Morgan fingerprint density at radius 2 is 1.59 bits per heavy atom. The lowest BCUT2D eigenvalue weighted by Crippen LogP contribution is -2.43. The summed E-state index contributed by atoms with van der Waals surface area (Å²) in [5, 5.41) is 20.7. The Hall–Kier alpha value is -2.48. The van der Waals surface area contributed by atoms with Crippen LogP contribution in [0.1, 0.15) is 11.1 Å². The second-order valence-corrected chi connectivity index (χ2v) is 4.52. The van der Waals surface area contributed by atoms with Crippen molar-refractivity contribution in [3.8, 4) is 0 Å². The topological polar surface area (TPSA) is 63.4 Å². The van der Waals surface area contributed by atoms with Gasteiger partial charge < -0.3 is 5.11 Å². The molecule has 0 bridgehead atoms. The third-order valence-corrected chi connectivity index (χ3v) is 3.15. The second-order valence-electron chi connectivity index (χ2n) is 4.52. The number of benzene rings is 2. The Morgan fingerprint density at radius 3 is 2.05 bits per heavy atom. The van der Waals surface area contributed by atoms with Gasteiger partial charge in [0, 0.05) is 17.7 Å². The number of alkyl halides is 3. The minimum absolute atomic E-state index is 0.424. The third kappa shape index (κ3) is 2.64. The summed E-state index contributed by atoms with van der Waals surface area (Å²) in [4.78, 5) is 9.77. The number of aliphatic hydroxyl groups is 1. The molecule has 0 fully saturated rings. The highest BCUT2D eigenvalue weighted by molar-refractivity contribution is 5.42. The van der Waals surface area contributed by atoms with E-state index in [1.54, 1.807) is 0 Å². The molecular formula is C14H9F4NO3. The Morgan fingerprint density at radius 1 is 1.00 bits per heavy atom. The number of nitro groups is 1. The van der Waals surface area contributed by atoms with E-state index in [1.165, 1.54) is 0 Å². The van der Waals surface area contributed by atoms with E-state index in [1.807, 2.05) is 0 Å². The van der Waals surface area contributed by atoms with E-state index < -0.39 is 39.3 Å². The predicted molar refractivity (Wildman–Crippen MR) is 68.6 cm³/mol. The van der Waals surface area contributed by atoms with Crippen LogP contribution >= 0.6 is 0 Å². The first-order chi connectivity index (χ1) is 10.2. The van der Waals surface area contributed by atoms with E-state index in [0.717, 1.165) is 42.5 Å². The SMILES string of the molecule is O=[N+]([O-])c1ccc(C(O)(c2cccc(F)c2)C(F)(F)F)cc1. The van der Waals surface area contributed by atoms with Gasteiger partial charge >= 0.3 is 6.18 Å². The van der Waals surface area contributed by atoms with Gasteiger partial charge in [0.05, 0.1) is 4.92 Å². The first-order valence-electron chi connectivity index (χ1n) is 5.96. The van der Waals surface area contributed by atoms with Crippen LogP contribution < -0.4 is 0 Å². The first-order valence-corrected chi connectivity index (χ1v) is 5.96. The molecule has 4 nitrogen and oxygen atoms in total. The van der Waals surface area contributed by atoms with Gasteiger partial charge in [-0.15, -0.1) is 0 Å². The molecule has 0 aliphatic carbocycles. The fraction of sp³-hybridized carbons (Fsp3) is 0.143. The van der Waals surface area contributed by atoms with Gasteiger partial charge in [0.25, 0.3) is 5.69 Å². The van der Waals surface area contributed by atoms with Crippen molar-refractivity contribution < 1.29 is 27.6 Å². The summed E-state index contributed by atoms with van der Waals surface area (Å²) in [5.74, 6) is -0.943. The number of non-ortho nitro benzene ring substituents is 1. The summed E-state index contributed by atoms with van der Waals surface area (Å²) in [5.41, 5.74) is -5.25. The summed E-state index contributed by atoms with van der Waals surface area (Å²) in [6.45, 7) is 0. The standard InChI is InChI=1S/C14H9F4NO3/c15-11-3-1-2-10(8-11)13(20,14(16,17)18)9-4-6-12(7-5-9)19(21)22/h1-8,20H. The van der Waals surface area contributed by atoms with Crippen LogP contribution in [0.5, 0.6) is 0 Å². The van der Waals surface area contributed by atoms with Crippen LogP contribution in [0.4, 0.5) is 23.2 Å². The van der Waals surface area contributed by atoms with E-state index in [-0.39, 0.29) is 0 Å². The molecule has 0 aromatic heterocycles. The Kier molecular flexibility index (Phi) is 3.89. The largest absolute Gasteiger partial charge is 0.425 e. The molecule has 1 N–H and O–H groups in total. The van der Waals surface area contributed by atoms with Gasteiger partial charge in [-0.05, 0) is 29.8 Å². The molecular weight excluding hydrogens is 306 g/mol. The predicted octanol–water partition coefficient (Wildman–Crippen LogP) is 3.53. The van der Waals surface area contributed by atoms with E-state index in [2.05, 4.69) is 0 Å². The third-order valence-electron chi connectivity index (χ3n) is 3.15. The van der Waals surface area contributed by atoms with Gasteiger partial charge in [0.1, 0.15) is 5.82 Å². The minimum atomic E-state index is -5.14. The van der Waals surface area contributed by atoms with Gasteiger partial charge in [-0.25, -0.2) is 4.39 Å². The highest BCUT2D eigenvalue weighted by atomic mass is 19.4. The molecule has 0 amide bonds. The van der Waals surface area contributed by atoms with Crippen molar-refractivity contribution in [2.75, 3.05) is 0 Å². The highest BCUT2D eigenvalue weighted by Crippen LogP contribution is 2.44. The van der Waals surface area contributed by atoms with Gasteiger partial charge in [-0.1, -0.05) is 12.1 Å². The number of hydrogen-bond acceptors (Lipinski definition) is 3. The molecule has 116 valence electrons. The van der Waals surface area contributed by atoms with Crippen molar-refractivity contribution in [1.29, 1.82) is 0 Å². The summed E-state index contributed by atoms with van der Waals surface area (Å²) in [6, 6.07) is 6.72. The van der Waals surface area contributed by atoms with Crippen molar-refractivity contribution in [2.45, 2.75) is 11.8 Å². The second kappa shape index (κ2) is 5.38. The van der Waals surface area contributed by atoms with Crippen LogP contribution in [0.25, 0.3) is 0 Å². The number of nitro benzene ring substituents is 1. The molecule has 22 heavy (non-hydrogen) atoms. The molecule has 0 aliphatic heterocycles. The number of hydrogen-bond donors (Lipinski definition) is 1. The zero-order valence-corrected chi connectivity index (χ0v) is 10.8. The summed E-state index contributed by atoms with van der Waals surface area (Å²) in [6.07, 6.45) is -5.14. The van der Waals surface area contributed by atoms with E-state index in [4.69, 9.17) is 0 Å². The highest BCUT2D eigenvalue weighted by Gasteiger charge is 2.56. The number of rotatable bonds is 3. The lowest BCUT2D eigenvalue weighted by Gasteiger charge is -2.31. The molecule has 1 unspecified atom stereocenters. The fourth-order valence-corrected chi connectivity index (χ4v) is 2.03. The van der Waals surface area contributed by atoms with Gasteiger partial charge in [-0.3, -0.25) is 10.1 Å². The number of halogens is 4. The van der Waals surface area contributed by atoms with Crippen LogP contribution in [0.2, 0.25) is 0 Å². The molecule has 0 saturated heterocycles. The molecule has 2 rings (SSSR count). The first kappa shape index (κ1) is 15.9. The average molecular weight is 315 g/mol. The molecule has 0 aliphatic rings. The van der Waals surface area contributed by atoms with Crippen LogP contribution in [-0.2, 0) is 5.60 Å². The molecule has 0 heterocycles. The Bertz CT molecular complexity index is 700. The lowest BCUT2D eigenvalue weighted by atomic mass is 9.85. The zero-order chi connectivity index (χ0) is 16.5. The number of nitrogens with zero attached hydrogens (tertiary/aromatic N) is 1. The Balaban J connectivity index is 2.62. The van der Waals surface area contributed by atoms with Crippen molar-refractivity contribution in [2.24, 2.45) is 0 Å². The summed E-state index contributed by atoms with van der Waals surface area (Å²) in [7, 11) is 0. The van der Waals surface area contributed by atoms with Crippen LogP contribution in [-0.4, -0.2) is 16.2 Å². The van der Waals surface area contributed by atoms with Crippen molar-refractivity contribution in [3.63, 3.8) is 0 Å². The maximum absolute atomic E-state index is 13.4. The molecule has 2 aromatic rings. The fourth-order valence-electron chi connectivity index (χ4n) is 2.03. The molecule has 0 spiro atoms. The van der Waals surface area contributed by atoms with E-state index in [9.17, 15) is 32.8 Å². The summed E-state index contributed by atoms with van der Waals surface area (Å²) < 4.78 is 53.3. The molecule has 0 saturated carbocycles. The quantitative estimate of drug-likeness (QED) is 0.535. The smallest absolute Gasteiger partial charge is 0.372 e. The van der Waals surface area contributed by atoms with Crippen molar-refractivity contribution in [1.82, 2.24) is 0 Å². The zero-order valence-electron chi connectivity index (χ0n) is 10.8. The van der Waals surface area contributed by atoms with Crippen LogP contribution in [0.15, 0.2) is 48.5 Å². The monoisotopic (exact) mass is 315 g/mol. The van der Waals surface area contributed by atoms with Gasteiger partial charge in [0.15, 0.2) is 0 Å². The van der Waals surface area contributed by atoms with Crippen LogP contribution in [0.3, 0.4) is 0 Å². The van der Waals surface area contributed by atoms with Gasteiger partial charge in [-0.2, -0.15) is 13.2 Å². The summed E-state index contributed by atoms with van der Waals surface area (Å²) >= 11 is 0. The molecule has 1 atom stereocenters. The lowest BCUT2D eigenvalue weighted by molar-refractivity contribution is -0.384. The van der Waals surface area contributed by atoms with Crippen LogP contribution in [0, 0.1) is 15.9 Å². The normalized spacial score (nSPS) is 14.4. The average Bonchev–Trinajstić information content (AvgIpc) is 2.45. The van der Waals surface area contributed by atoms with Gasteiger partial charge in [0.2, 0.25) is 5.60 Å². The van der Waals surface area contributed by atoms with E-state index >= 15 is 0 Å². The molecule has 2 aromatic carbocycles. The maximum atomic E-state index is 13.4. The minimum Gasteiger partial charge on any atom is -0.372 e. The maximum Gasteiger partial charge on any atom is 0.425 e. The van der Waals surface area contributed by atoms with E-state index in [0.29, 0.717) is 6.07 Å². The van der Waals surface area contributed by atoms with Crippen molar-refractivity contribution in [3.05, 3.63) is 75.6 Å². The Labute approximate surface area is 121 Å². The van der Waals surface area contributed by atoms with Crippen molar-refractivity contribution >= 4 is 5.69 Å². The molecule has 0 radical (unpaired) electrons.